The molecule has 4 heteroatoms. The maximum absolute atomic E-state index is 11.6. The van der Waals surface area contributed by atoms with Crippen molar-refractivity contribution < 1.29 is 4.79 Å². The summed E-state index contributed by atoms with van der Waals surface area (Å²) in [5, 5.41) is 4.83. The minimum Gasteiger partial charge on any atom is -0.351 e. The second kappa shape index (κ2) is 4.36. The molecule has 0 aliphatic heterocycles. The molecule has 1 saturated carbocycles. The van der Waals surface area contributed by atoms with Gasteiger partial charge in [0.25, 0.3) is 5.91 Å². The van der Waals surface area contributed by atoms with Crippen LogP contribution in [-0.4, -0.2) is 12.5 Å². The van der Waals surface area contributed by atoms with Crippen molar-refractivity contribution in [2.45, 2.75) is 24.2 Å². The zero-order chi connectivity index (χ0) is 9.97. The number of nitrogens with one attached hydrogen (secondary N) is 1. The lowest BCUT2D eigenvalue weighted by atomic mass is 9.85. The Balaban J connectivity index is 1.82. The fourth-order valence-electron chi connectivity index (χ4n) is 1.47. The zero-order valence-electron chi connectivity index (χ0n) is 7.82. The van der Waals surface area contributed by atoms with E-state index in [1.807, 2.05) is 11.4 Å². The molecule has 0 spiro atoms. The number of thiol groups is 1. The SMILES string of the molecule is O=C(NCC1CCC1)c1cc(S)cs1. The lowest BCUT2D eigenvalue weighted by Gasteiger charge is -2.25. The van der Waals surface area contributed by atoms with Crippen LogP contribution in [0, 0.1) is 5.92 Å². The molecule has 1 aliphatic carbocycles. The molecule has 1 amide bonds. The van der Waals surface area contributed by atoms with Gasteiger partial charge in [-0.1, -0.05) is 6.42 Å². The summed E-state index contributed by atoms with van der Waals surface area (Å²) in [5.41, 5.74) is 0. The quantitative estimate of drug-likeness (QED) is 0.764. The van der Waals surface area contributed by atoms with Gasteiger partial charge in [-0.05, 0) is 24.8 Å². The molecule has 1 aromatic heterocycles. The van der Waals surface area contributed by atoms with Gasteiger partial charge in [-0.3, -0.25) is 4.79 Å². The van der Waals surface area contributed by atoms with Crippen LogP contribution in [0.15, 0.2) is 16.3 Å². The van der Waals surface area contributed by atoms with Crippen molar-refractivity contribution in [2.75, 3.05) is 6.54 Å². The highest BCUT2D eigenvalue weighted by Crippen LogP contribution is 2.25. The van der Waals surface area contributed by atoms with Crippen LogP contribution >= 0.6 is 24.0 Å². The molecule has 1 aliphatic rings. The monoisotopic (exact) mass is 227 g/mol. The van der Waals surface area contributed by atoms with Gasteiger partial charge in [-0.15, -0.1) is 24.0 Å². The Kier molecular flexibility index (Phi) is 3.13. The largest absolute Gasteiger partial charge is 0.351 e. The topological polar surface area (TPSA) is 29.1 Å². The average molecular weight is 227 g/mol. The standard InChI is InChI=1S/C10H13NOS2/c12-10(9-4-8(13)6-14-9)11-5-7-2-1-3-7/h4,6-7,13H,1-3,5H2,(H,11,12). The molecule has 0 radical (unpaired) electrons. The molecule has 1 N–H and O–H groups in total. The van der Waals surface area contributed by atoms with Gasteiger partial charge in [-0.2, -0.15) is 0 Å². The summed E-state index contributed by atoms with van der Waals surface area (Å²) in [6, 6.07) is 1.81. The number of rotatable bonds is 3. The summed E-state index contributed by atoms with van der Waals surface area (Å²) in [4.78, 5) is 13.2. The second-order valence-electron chi connectivity index (χ2n) is 3.68. The highest BCUT2D eigenvalue weighted by Gasteiger charge is 2.18. The first-order chi connectivity index (χ1) is 6.75. The Hall–Kier alpha value is -0.480. The van der Waals surface area contributed by atoms with E-state index in [4.69, 9.17) is 0 Å². The van der Waals surface area contributed by atoms with Gasteiger partial charge < -0.3 is 5.32 Å². The van der Waals surface area contributed by atoms with E-state index in [9.17, 15) is 4.79 Å². The van der Waals surface area contributed by atoms with Gasteiger partial charge in [0.05, 0.1) is 4.88 Å². The van der Waals surface area contributed by atoms with Crippen molar-refractivity contribution in [2.24, 2.45) is 5.92 Å². The number of thiophene rings is 1. The molecule has 1 heterocycles. The second-order valence-corrected chi connectivity index (χ2v) is 5.10. The Morgan fingerprint density at radius 2 is 2.43 bits per heavy atom. The zero-order valence-corrected chi connectivity index (χ0v) is 9.54. The van der Waals surface area contributed by atoms with Crippen LogP contribution in [0.3, 0.4) is 0 Å². The Labute approximate surface area is 93.1 Å². The number of amides is 1. The van der Waals surface area contributed by atoms with Gasteiger partial charge >= 0.3 is 0 Å². The fraction of sp³-hybridized carbons (Fsp3) is 0.500. The first kappa shape index (κ1) is 10.1. The minimum absolute atomic E-state index is 0.0437. The Morgan fingerprint density at radius 3 is 2.93 bits per heavy atom. The van der Waals surface area contributed by atoms with Crippen LogP contribution in [-0.2, 0) is 0 Å². The molecule has 1 aromatic rings. The predicted molar refractivity (Wildman–Crippen MR) is 61.2 cm³/mol. The van der Waals surface area contributed by atoms with Crippen molar-refractivity contribution in [3.63, 3.8) is 0 Å². The normalized spacial score (nSPS) is 16.4. The van der Waals surface area contributed by atoms with Gasteiger partial charge in [0, 0.05) is 16.8 Å². The maximum atomic E-state index is 11.6. The third-order valence-electron chi connectivity index (χ3n) is 2.59. The molecular weight excluding hydrogens is 214 g/mol. The molecule has 2 rings (SSSR count). The average Bonchev–Trinajstić information content (AvgIpc) is 2.49. The van der Waals surface area contributed by atoms with E-state index in [-0.39, 0.29) is 5.91 Å². The molecule has 0 saturated heterocycles. The predicted octanol–water partition coefficient (Wildman–Crippen LogP) is 2.57. The van der Waals surface area contributed by atoms with Crippen molar-refractivity contribution >= 4 is 29.9 Å². The summed E-state index contributed by atoms with van der Waals surface area (Å²) >= 11 is 5.61. The van der Waals surface area contributed by atoms with Gasteiger partial charge in [0.15, 0.2) is 0 Å². The van der Waals surface area contributed by atoms with Crippen LogP contribution in [0.4, 0.5) is 0 Å². The summed E-state index contributed by atoms with van der Waals surface area (Å²) in [6.07, 6.45) is 3.85. The molecule has 14 heavy (non-hydrogen) atoms. The number of hydrogen-bond acceptors (Lipinski definition) is 3. The molecule has 2 nitrogen and oxygen atoms in total. The lowest BCUT2D eigenvalue weighted by Crippen LogP contribution is -2.31. The molecule has 0 unspecified atom stereocenters. The fourth-order valence-corrected chi connectivity index (χ4v) is 2.53. The molecule has 0 aromatic carbocycles. The van der Waals surface area contributed by atoms with E-state index in [0.29, 0.717) is 0 Å². The smallest absolute Gasteiger partial charge is 0.261 e. The van der Waals surface area contributed by atoms with E-state index in [1.54, 1.807) is 0 Å². The molecule has 0 atom stereocenters. The van der Waals surface area contributed by atoms with Crippen molar-refractivity contribution in [3.8, 4) is 0 Å². The van der Waals surface area contributed by atoms with E-state index >= 15 is 0 Å². The molecule has 76 valence electrons. The van der Waals surface area contributed by atoms with Crippen LogP contribution < -0.4 is 5.32 Å². The van der Waals surface area contributed by atoms with Crippen LogP contribution in [0.1, 0.15) is 28.9 Å². The summed E-state index contributed by atoms with van der Waals surface area (Å²) in [5.74, 6) is 0.761. The summed E-state index contributed by atoms with van der Waals surface area (Å²) in [7, 11) is 0. The molecule has 1 fully saturated rings. The van der Waals surface area contributed by atoms with Crippen LogP contribution in [0.2, 0.25) is 0 Å². The molecule has 0 bridgehead atoms. The van der Waals surface area contributed by atoms with E-state index in [1.165, 1.54) is 30.6 Å². The summed E-state index contributed by atoms with van der Waals surface area (Å²) < 4.78 is 0. The van der Waals surface area contributed by atoms with E-state index in [0.717, 1.165) is 22.2 Å². The maximum Gasteiger partial charge on any atom is 0.261 e. The number of hydrogen-bond donors (Lipinski definition) is 2. The Morgan fingerprint density at radius 1 is 1.64 bits per heavy atom. The third-order valence-corrected chi connectivity index (χ3v) is 3.95. The van der Waals surface area contributed by atoms with Crippen LogP contribution in [0.25, 0.3) is 0 Å². The van der Waals surface area contributed by atoms with Crippen LogP contribution in [0.5, 0.6) is 0 Å². The van der Waals surface area contributed by atoms with Crippen molar-refractivity contribution in [3.05, 3.63) is 16.3 Å². The Bertz CT molecular complexity index is 331. The van der Waals surface area contributed by atoms with E-state index < -0.39 is 0 Å². The first-order valence-electron chi connectivity index (χ1n) is 4.81. The van der Waals surface area contributed by atoms with Gasteiger partial charge in [0.1, 0.15) is 0 Å². The number of carbonyl (C=O) groups excluding carboxylic acids is 1. The molecular formula is C10H13NOS2. The summed E-state index contributed by atoms with van der Waals surface area (Å²) in [6.45, 7) is 0.832. The lowest BCUT2D eigenvalue weighted by molar-refractivity contribution is 0.0943. The highest BCUT2D eigenvalue weighted by atomic mass is 32.1. The number of carbonyl (C=O) groups is 1. The van der Waals surface area contributed by atoms with Gasteiger partial charge in [-0.25, -0.2) is 0 Å². The van der Waals surface area contributed by atoms with Crippen molar-refractivity contribution in [1.82, 2.24) is 5.32 Å². The first-order valence-corrected chi connectivity index (χ1v) is 6.14. The van der Waals surface area contributed by atoms with Gasteiger partial charge in [0.2, 0.25) is 0 Å². The minimum atomic E-state index is 0.0437. The third kappa shape index (κ3) is 2.30. The van der Waals surface area contributed by atoms with Crippen molar-refractivity contribution in [1.29, 1.82) is 0 Å². The highest BCUT2D eigenvalue weighted by molar-refractivity contribution is 7.80. The van der Waals surface area contributed by atoms with E-state index in [2.05, 4.69) is 17.9 Å².